The highest BCUT2D eigenvalue weighted by Crippen LogP contribution is 2.18. The quantitative estimate of drug-likeness (QED) is 0.854. The summed E-state index contributed by atoms with van der Waals surface area (Å²) in [6.07, 6.45) is 3.90. The molecule has 0 radical (unpaired) electrons. The zero-order valence-electron chi connectivity index (χ0n) is 11.3. The Balaban J connectivity index is 1.81. The summed E-state index contributed by atoms with van der Waals surface area (Å²) in [6, 6.07) is 3.73. The molecule has 3 N–H and O–H groups in total. The first-order valence-corrected chi connectivity index (χ1v) is 6.72. The molecule has 1 amide bonds. The number of pyridine rings is 1. The fourth-order valence-electron chi connectivity index (χ4n) is 2.34. The van der Waals surface area contributed by atoms with Crippen molar-refractivity contribution >= 4 is 11.6 Å². The van der Waals surface area contributed by atoms with Crippen LogP contribution in [0.4, 0.5) is 5.69 Å². The minimum Gasteiger partial charge on any atom is -0.397 e. The first-order valence-electron chi connectivity index (χ1n) is 6.72. The number of aromatic nitrogens is 1. The molecule has 5 heteroatoms. The normalized spacial score (nSPS) is 17.9. The maximum absolute atomic E-state index is 11.9. The molecule has 0 bridgehead atoms. The molecule has 1 aliphatic rings. The van der Waals surface area contributed by atoms with E-state index in [4.69, 9.17) is 10.5 Å². The number of carbonyl (C=O) groups excluding carboxylic acids is 1. The summed E-state index contributed by atoms with van der Waals surface area (Å²) in [5.74, 6) is 0.522. The molecule has 1 atom stereocenters. The maximum Gasteiger partial charge on any atom is 0.226 e. The number of amides is 1. The first-order chi connectivity index (χ1) is 9.15. The Bertz CT molecular complexity index is 413. The molecule has 1 unspecified atom stereocenters. The van der Waals surface area contributed by atoms with Crippen molar-refractivity contribution in [3.63, 3.8) is 0 Å². The molecule has 1 aromatic heterocycles. The van der Waals surface area contributed by atoms with Crippen LogP contribution in [0.5, 0.6) is 0 Å². The summed E-state index contributed by atoms with van der Waals surface area (Å²) < 4.78 is 5.33. The Kier molecular flexibility index (Phi) is 4.74. The van der Waals surface area contributed by atoms with Crippen LogP contribution in [0.1, 0.15) is 25.5 Å². The highest BCUT2D eigenvalue weighted by molar-refractivity contribution is 5.78. The van der Waals surface area contributed by atoms with E-state index in [9.17, 15) is 4.79 Å². The molecule has 0 saturated carbocycles. The van der Waals surface area contributed by atoms with Gasteiger partial charge in [-0.05, 0) is 37.8 Å². The third-order valence-electron chi connectivity index (χ3n) is 3.55. The minimum atomic E-state index is 0.0104. The van der Waals surface area contributed by atoms with Crippen molar-refractivity contribution < 1.29 is 9.53 Å². The van der Waals surface area contributed by atoms with Crippen LogP contribution < -0.4 is 11.1 Å². The van der Waals surface area contributed by atoms with E-state index in [0.717, 1.165) is 31.7 Å². The van der Waals surface area contributed by atoms with Gasteiger partial charge in [-0.2, -0.15) is 0 Å². The van der Waals surface area contributed by atoms with Gasteiger partial charge in [-0.15, -0.1) is 0 Å². The van der Waals surface area contributed by atoms with E-state index in [1.165, 1.54) is 0 Å². The van der Waals surface area contributed by atoms with Gasteiger partial charge >= 0.3 is 0 Å². The summed E-state index contributed by atoms with van der Waals surface area (Å²) in [5.41, 5.74) is 6.91. The highest BCUT2D eigenvalue weighted by atomic mass is 16.5. The molecule has 0 aromatic carbocycles. The zero-order chi connectivity index (χ0) is 13.7. The van der Waals surface area contributed by atoms with E-state index in [1.807, 2.05) is 0 Å². The lowest BCUT2D eigenvalue weighted by molar-refractivity contribution is -0.121. The van der Waals surface area contributed by atoms with Crippen molar-refractivity contribution in [3.05, 3.63) is 24.0 Å². The second-order valence-electron chi connectivity index (χ2n) is 5.07. The van der Waals surface area contributed by atoms with Gasteiger partial charge in [0.25, 0.3) is 0 Å². The van der Waals surface area contributed by atoms with Crippen molar-refractivity contribution in [2.45, 2.75) is 32.2 Å². The lowest BCUT2D eigenvalue weighted by Gasteiger charge is -2.28. The Morgan fingerprint density at radius 3 is 2.89 bits per heavy atom. The average molecular weight is 263 g/mol. The summed E-state index contributed by atoms with van der Waals surface area (Å²) in [4.78, 5) is 16.1. The van der Waals surface area contributed by atoms with Crippen LogP contribution in [0.25, 0.3) is 0 Å². The molecule has 5 nitrogen and oxygen atoms in total. The van der Waals surface area contributed by atoms with E-state index >= 15 is 0 Å². The second kappa shape index (κ2) is 6.52. The van der Waals surface area contributed by atoms with Gasteiger partial charge in [0.05, 0.1) is 18.3 Å². The number of nitrogen functional groups attached to an aromatic ring is 1. The summed E-state index contributed by atoms with van der Waals surface area (Å²) in [7, 11) is 0. The topological polar surface area (TPSA) is 77.2 Å². The van der Waals surface area contributed by atoms with E-state index in [0.29, 0.717) is 18.0 Å². The van der Waals surface area contributed by atoms with Gasteiger partial charge in [0.15, 0.2) is 0 Å². The summed E-state index contributed by atoms with van der Waals surface area (Å²) in [5, 5.41) is 3.05. The molecule has 1 aromatic rings. The van der Waals surface area contributed by atoms with Gasteiger partial charge in [-0.3, -0.25) is 9.78 Å². The molecule has 2 rings (SSSR count). The Morgan fingerprint density at radius 2 is 2.26 bits per heavy atom. The van der Waals surface area contributed by atoms with Crippen LogP contribution in [-0.4, -0.2) is 30.1 Å². The number of hydrogen-bond acceptors (Lipinski definition) is 4. The molecule has 19 heavy (non-hydrogen) atoms. The van der Waals surface area contributed by atoms with Crippen molar-refractivity contribution in [1.82, 2.24) is 10.3 Å². The largest absolute Gasteiger partial charge is 0.397 e. The number of anilines is 1. The molecular formula is C14H21N3O2. The average Bonchev–Trinajstić information content (AvgIpc) is 2.42. The SMILES string of the molecule is CC(NC(=O)Cc1ccc(N)cn1)C1CCOCC1. The van der Waals surface area contributed by atoms with Gasteiger partial charge in [-0.1, -0.05) is 0 Å². The summed E-state index contributed by atoms with van der Waals surface area (Å²) >= 11 is 0. The molecule has 1 aliphatic heterocycles. The van der Waals surface area contributed by atoms with E-state index in [-0.39, 0.29) is 11.9 Å². The number of ether oxygens (including phenoxy) is 1. The number of rotatable bonds is 4. The second-order valence-corrected chi connectivity index (χ2v) is 5.07. The third-order valence-corrected chi connectivity index (χ3v) is 3.55. The van der Waals surface area contributed by atoms with Crippen molar-refractivity contribution in [3.8, 4) is 0 Å². The number of nitrogens with one attached hydrogen (secondary N) is 1. The predicted octanol–water partition coefficient (Wildman–Crippen LogP) is 1.14. The smallest absolute Gasteiger partial charge is 0.226 e. The minimum absolute atomic E-state index is 0.0104. The number of hydrogen-bond donors (Lipinski definition) is 2. The van der Waals surface area contributed by atoms with Gasteiger partial charge in [0.1, 0.15) is 0 Å². The molecule has 1 saturated heterocycles. The van der Waals surface area contributed by atoms with Gasteiger partial charge in [-0.25, -0.2) is 0 Å². The Labute approximate surface area is 113 Å². The lowest BCUT2D eigenvalue weighted by atomic mass is 9.93. The molecule has 0 spiro atoms. The molecule has 0 aliphatic carbocycles. The standard InChI is InChI=1S/C14H21N3O2/c1-10(11-4-6-19-7-5-11)17-14(18)8-13-3-2-12(15)9-16-13/h2-3,9-11H,4-8,15H2,1H3,(H,17,18). The highest BCUT2D eigenvalue weighted by Gasteiger charge is 2.21. The first kappa shape index (κ1) is 13.8. The third kappa shape index (κ3) is 4.21. The Hall–Kier alpha value is -1.62. The van der Waals surface area contributed by atoms with E-state index < -0.39 is 0 Å². The van der Waals surface area contributed by atoms with Crippen molar-refractivity contribution in [2.75, 3.05) is 18.9 Å². The lowest BCUT2D eigenvalue weighted by Crippen LogP contribution is -2.41. The summed E-state index contributed by atoms with van der Waals surface area (Å²) in [6.45, 7) is 3.65. The number of nitrogens with two attached hydrogens (primary N) is 1. The van der Waals surface area contributed by atoms with Crippen LogP contribution in [0.2, 0.25) is 0 Å². The fraction of sp³-hybridized carbons (Fsp3) is 0.571. The molecular weight excluding hydrogens is 242 g/mol. The predicted molar refractivity (Wildman–Crippen MR) is 73.5 cm³/mol. The monoisotopic (exact) mass is 263 g/mol. The van der Waals surface area contributed by atoms with Crippen molar-refractivity contribution in [2.24, 2.45) is 5.92 Å². The number of nitrogens with zero attached hydrogens (tertiary/aromatic N) is 1. The van der Waals surface area contributed by atoms with Gasteiger partial charge in [0, 0.05) is 24.9 Å². The molecule has 2 heterocycles. The molecule has 104 valence electrons. The molecule has 1 fully saturated rings. The fourth-order valence-corrected chi connectivity index (χ4v) is 2.34. The Morgan fingerprint density at radius 1 is 1.53 bits per heavy atom. The van der Waals surface area contributed by atoms with Crippen LogP contribution in [0, 0.1) is 5.92 Å². The van der Waals surface area contributed by atoms with E-state index in [1.54, 1.807) is 18.3 Å². The number of carbonyl (C=O) groups is 1. The zero-order valence-corrected chi connectivity index (χ0v) is 11.3. The van der Waals surface area contributed by atoms with Crippen LogP contribution in [0.3, 0.4) is 0 Å². The van der Waals surface area contributed by atoms with Gasteiger partial charge in [0.2, 0.25) is 5.91 Å². The van der Waals surface area contributed by atoms with Crippen LogP contribution >= 0.6 is 0 Å². The van der Waals surface area contributed by atoms with Crippen LogP contribution in [-0.2, 0) is 16.0 Å². The maximum atomic E-state index is 11.9. The van der Waals surface area contributed by atoms with E-state index in [2.05, 4.69) is 17.2 Å². The van der Waals surface area contributed by atoms with Crippen molar-refractivity contribution in [1.29, 1.82) is 0 Å². The van der Waals surface area contributed by atoms with Crippen LogP contribution in [0.15, 0.2) is 18.3 Å². The van der Waals surface area contributed by atoms with Gasteiger partial charge < -0.3 is 15.8 Å².